The summed E-state index contributed by atoms with van der Waals surface area (Å²) < 4.78 is 5.29. The van der Waals surface area contributed by atoms with E-state index >= 15 is 0 Å². The Hall–Kier alpha value is -2.95. The van der Waals surface area contributed by atoms with E-state index in [1.54, 1.807) is 24.1 Å². The quantitative estimate of drug-likeness (QED) is 0.718. The SMILES string of the molecule is Cc1ccc(N(C)C(=O)c2ccc(-c3noc(C4CC4)n3)cc2)cc1. The van der Waals surface area contributed by atoms with Crippen LogP contribution in [0.5, 0.6) is 0 Å². The Morgan fingerprint density at radius 3 is 2.40 bits per heavy atom. The van der Waals surface area contributed by atoms with Crippen LogP contribution in [0.15, 0.2) is 53.1 Å². The first-order chi connectivity index (χ1) is 12.1. The molecule has 1 aromatic heterocycles. The number of carbonyl (C=O) groups is 1. The molecule has 25 heavy (non-hydrogen) atoms. The lowest BCUT2D eigenvalue weighted by Gasteiger charge is -2.17. The van der Waals surface area contributed by atoms with E-state index in [1.807, 2.05) is 43.3 Å². The van der Waals surface area contributed by atoms with E-state index < -0.39 is 0 Å². The van der Waals surface area contributed by atoms with Crippen molar-refractivity contribution in [2.24, 2.45) is 0 Å². The molecule has 3 aromatic rings. The summed E-state index contributed by atoms with van der Waals surface area (Å²) in [7, 11) is 1.78. The Morgan fingerprint density at radius 1 is 1.08 bits per heavy atom. The second-order valence-electron chi connectivity index (χ2n) is 6.51. The highest BCUT2D eigenvalue weighted by Gasteiger charge is 2.29. The first-order valence-electron chi connectivity index (χ1n) is 8.40. The number of aryl methyl sites for hydroxylation is 1. The van der Waals surface area contributed by atoms with Gasteiger partial charge in [-0.3, -0.25) is 4.79 Å². The average molecular weight is 333 g/mol. The van der Waals surface area contributed by atoms with Crippen molar-refractivity contribution in [2.45, 2.75) is 25.7 Å². The van der Waals surface area contributed by atoms with Crippen LogP contribution in [-0.4, -0.2) is 23.1 Å². The van der Waals surface area contributed by atoms with Crippen LogP contribution in [0, 0.1) is 6.92 Å². The van der Waals surface area contributed by atoms with Gasteiger partial charge in [0, 0.05) is 29.8 Å². The molecule has 2 aromatic carbocycles. The summed E-state index contributed by atoms with van der Waals surface area (Å²) in [6, 6.07) is 15.2. The molecule has 1 fully saturated rings. The van der Waals surface area contributed by atoms with Gasteiger partial charge >= 0.3 is 0 Å². The summed E-state index contributed by atoms with van der Waals surface area (Å²) in [5.41, 5.74) is 3.51. The topological polar surface area (TPSA) is 59.2 Å². The minimum Gasteiger partial charge on any atom is -0.339 e. The molecule has 0 radical (unpaired) electrons. The number of aromatic nitrogens is 2. The first kappa shape index (κ1) is 15.6. The predicted molar refractivity (Wildman–Crippen MR) is 95.6 cm³/mol. The van der Waals surface area contributed by atoms with Crippen LogP contribution in [-0.2, 0) is 0 Å². The molecule has 0 bridgehead atoms. The highest BCUT2D eigenvalue weighted by atomic mass is 16.5. The van der Waals surface area contributed by atoms with Gasteiger partial charge in [0.2, 0.25) is 11.7 Å². The van der Waals surface area contributed by atoms with E-state index in [4.69, 9.17) is 4.52 Å². The van der Waals surface area contributed by atoms with E-state index in [-0.39, 0.29) is 5.91 Å². The summed E-state index contributed by atoms with van der Waals surface area (Å²) in [6.45, 7) is 2.02. The number of rotatable bonds is 4. The zero-order chi connectivity index (χ0) is 17.4. The zero-order valence-corrected chi connectivity index (χ0v) is 14.3. The summed E-state index contributed by atoms with van der Waals surface area (Å²) in [4.78, 5) is 18.7. The number of benzene rings is 2. The van der Waals surface area contributed by atoms with Gasteiger partial charge in [0.05, 0.1) is 0 Å². The van der Waals surface area contributed by atoms with Crippen LogP contribution in [0.1, 0.15) is 40.6 Å². The first-order valence-corrected chi connectivity index (χ1v) is 8.40. The van der Waals surface area contributed by atoms with Gasteiger partial charge in [0.25, 0.3) is 5.91 Å². The second kappa shape index (κ2) is 6.16. The van der Waals surface area contributed by atoms with Crippen LogP contribution in [0.4, 0.5) is 5.69 Å². The van der Waals surface area contributed by atoms with Gasteiger partial charge in [0.15, 0.2) is 0 Å². The van der Waals surface area contributed by atoms with Crippen molar-refractivity contribution in [2.75, 3.05) is 11.9 Å². The monoisotopic (exact) mass is 333 g/mol. The standard InChI is InChI=1S/C20H19N3O2/c1-13-3-11-17(12-4-13)23(2)20(24)16-9-5-14(6-10-16)18-21-19(25-22-18)15-7-8-15/h3-6,9-12,15H,7-8H2,1-2H3. The number of carbonyl (C=O) groups excluding carboxylic acids is 1. The van der Waals surface area contributed by atoms with E-state index in [2.05, 4.69) is 10.1 Å². The van der Waals surface area contributed by atoms with E-state index in [0.717, 1.165) is 24.1 Å². The van der Waals surface area contributed by atoms with Crippen LogP contribution in [0.3, 0.4) is 0 Å². The Kier molecular flexibility index (Phi) is 3.84. The maximum Gasteiger partial charge on any atom is 0.258 e. The minimum absolute atomic E-state index is 0.0535. The number of anilines is 1. The molecule has 0 aliphatic heterocycles. The number of amides is 1. The lowest BCUT2D eigenvalue weighted by molar-refractivity contribution is 0.0993. The fourth-order valence-corrected chi connectivity index (χ4v) is 2.69. The molecule has 0 N–H and O–H groups in total. The van der Waals surface area contributed by atoms with Crippen molar-refractivity contribution in [1.82, 2.24) is 10.1 Å². The van der Waals surface area contributed by atoms with Gasteiger partial charge in [-0.15, -0.1) is 0 Å². The summed E-state index contributed by atoms with van der Waals surface area (Å²) in [6.07, 6.45) is 2.25. The van der Waals surface area contributed by atoms with Crippen LogP contribution < -0.4 is 4.90 Å². The fraction of sp³-hybridized carbons (Fsp3) is 0.250. The lowest BCUT2D eigenvalue weighted by Crippen LogP contribution is -2.26. The molecule has 4 rings (SSSR count). The highest BCUT2D eigenvalue weighted by molar-refractivity contribution is 6.05. The van der Waals surface area contributed by atoms with Gasteiger partial charge in [-0.1, -0.05) is 35.0 Å². The molecular weight excluding hydrogens is 314 g/mol. The van der Waals surface area contributed by atoms with Crippen molar-refractivity contribution in [3.05, 3.63) is 65.5 Å². The van der Waals surface area contributed by atoms with Gasteiger partial charge in [0.1, 0.15) is 0 Å². The number of hydrogen-bond donors (Lipinski definition) is 0. The molecule has 1 aliphatic carbocycles. The van der Waals surface area contributed by atoms with Crippen molar-refractivity contribution < 1.29 is 9.32 Å². The highest BCUT2D eigenvalue weighted by Crippen LogP contribution is 2.39. The van der Waals surface area contributed by atoms with Crippen molar-refractivity contribution in [3.63, 3.8) is 0 Å². The largest absolute Gasteiger partial charge is 0.339 e. The van der Waals surface area contributed by atoms with E-state index in [1.165, 1.54) is 5.56 Å². The van der Waals surface area contributed by atoms with Crippen LogP contribution in [0.2, 0.25) is 0 Å². The predicted octanol–water partition coefficient (Wildman–Crippen LogP) is 4.20. The van der Waals surface area contributed by atoms with Gasteiger partial charge in [-0.25, -0.2) is 0 Å². The summed E-state index contributed by atoms with van der Waals surface area (Å²) in [5.74, 6) is 1.68. The third-order valence-electron chi connectivity index (χ3n) is 4.48. The maximum absolute atomic E-state index is 12.7. The molecule has 1 amide bonds. The van der Waals surface area contributed by atoms with Gasteiger partial charge in [-0.05, 0) is 44.0 Å². The van der Waals surface area contributed by atoms with E-state index in [9.17, 15) is 4.79 Å². The molecular formula is C20H19N3O2. The third kappa shape index (κ3) is 3.18. The molecule has 0 unspecified atom stereocenters. The lowest BCUT2D eigenvalue weighted by atomic mass is 10.1. The molecule has 5 heteroatoms. The Bertz CT molecular complexity index is 893. The van der Waals surface area contributed by atoms with Gasteiger partial charge < -0.3 is 9.42 Å². The number of hydrogen-bond acceptors (Lipinski definition) is 4. The van der Waals surface area contributed by atoms with Gasteiger partial charge in [-0.2, -0.15) is 4.98 Å². The third-order valence-corrected chi connectivity index (χ3v) is 4.48. The maximum atomic E-state index is 12.7. The second-order valence-corrected chi connectivity index (χ2v) is 6.51. The van der Waals surface area contributed by atoms with E-state index in [0.29, 0.717) is 23.2 Å². The Morgan fingerprint density at radius 2 is 1.76 bits per heavy atom. The number of nitrogens with zero attached hydrogens (tertiary/aromatic N) is 3. The average Bonchev–Trinajstić information content (AvgIpc) is 3.38. The van der Waals surface area contributed by atoms with Crippen molar-refractivity contribution in [1.29, 1.82) is 0 Å². The van der Waals surface area contributed by atoms with Crippen molar-refractivity contribution in [3.8, 4) is 11.4 Å². The zero-order valence-electron chi connectivity index (χ0n) is 14.3. The molecule has 0 atom stereocenters. The molecule has 126 valence electrons. The Balaban J connectivity index is 1.52. The minimum atomic E-state index is -0.0535. The normalized spacial score (nSPS) is 13.7. The summed E-state index contributed by atoms with van der Waals surface area (Å²) in [5, 5.41) is 4.03. The molecule has 0 saturated heterocycles. The molecule has 0 spiro atoms. The molecule has 1 heterocycles. The van der Waals surface area contributed by atoms with Crippen LogP contribution >= 0.6 is 0 Å². The Labute approximate surface area is 146 Å². The van der Waals surface area contributed by atoms with Crippen LogP contribution in [0.25, 0.3) is 11.4 Å². The van der Waals surface area contributed by atoms with Crippen molar-refractivity contribution >= 4 is 11.6 Å². The fourth-order valence-electron chi connectivity index (χ4n) is 2.69. The summed E-state index contributed by atoms with van der Waals surface area (Å²) >= 11 is 0. The molecule has 5 nitrogen and oxygen atoms in total. The molecule has 1 saturated carbocycles. The smallest absolute Gasteiger partial charge is 0.258 e. The molecule has 1 aliphatic rings.